The highest BCUT2D eigenvalue weighted by Crippen LogP contribution is 1.96. The molecule has 1 aliphatic heterocycles. The molecular weight excluding hydrogens is 96.1 g/mol. The van der Waals surface area contributed by atoms with Crippen molar-refractivity contribution >= 4 is 10.2 Å². The molecule has 0 N–H and O–H groups in total. The van der Waals surface area contributed by atoms with Gasteiger partial charge in [-0.2, -0.15) is 0 Å². The Morgan fingerprint density at radius 2 is 1.83 bits per heavy atom. The Bertz CT molecular complexity index is 42.1. The van der Waals surface area contributed by atoms with Gasteiger partial charge in [0.15, 0.2) is 0 Å². The van der Waals surface area contributed by atoms with Crippen LogP contribution < -0.4 is 0 Å². The summed E-state index contributed by atoms with van der Waals surface area (Å²) in [6, 6.07) is 0. The fourth-order valence-electron chi connectivity index (χ4n) is 0.476. The predicted molar refractivity (Wildman–Crippen MR) is 25.6 cm³/mol. The van der Waals surface area contributed by atoms with Crippen molar-refractivity contribution in [2.75, 3.05) is 13.2 Å². The lowest BCUT2D eigenvalue weighted by Gasteiger charge is -1.95. The highest BCUT2D eigenvalue weighted by atomic mass is 28.1. The van der Waals surface area contributed by atoms with Crippen LogP contribution in [0.1, 0.15) is 0 Å². The van der Waals surface area contributed by atoms with Gasteiger partial charge in [-0.15, -0.1) is 0 Å². The Morgan fingerprint density at radius 3 is 2.00 bits per heavy atom. The van der Waals surface area contributed by atoms with Crippen LogP contribution in [-0.4, -0.2) is 29.4 Å². The standard InChI is InChI=1S/C3H8O2Si/c6-3-4-1-2-5-3/h3H,1-2H2,6H3. The molecule has 1 heterocycles. The second-order valence-corrected chi connectivity index (χ2v) is 2.25. The number of hydrogen-bond acceptors (Lipinski definition) is 2. The highest BCUT2D eigenvalue weighted by molar-refractivity contribution is 6.10. The molecule has 0 spiro atoms. The predicted octanol–water partition coefficient (Wildman–Crippen LogP) is -1.32. The maximum atomic E-state index is 4.99. The normalized spacial score (nSPS) is 26.0. The number of hydrogen-bond donors (Lipinski definition) is 0. The summed E-state index contributed by atoms with van der Waals surface area (Å²) in [7, 11) is 1.01. The first-order valence-corrected chi connectivity index (χ1v) is 3.28. The van der Waals surface area contributed by atoms with E-state index in [0.29, 0.717) is 0 Å². The van der Waals surface area contributed by atoms with Gasteiger partial charge in [-0.25, -0.2) is 0 Å². The summed E-state index contributed by atoms with van der Waals surface area (Å²) >= 11 is 0. The van der Waals surface area contributed by atoms with Gasteiger partial charge >= 0.3 is 0 Å². The molecule has 0 unspecified atom stereocenters. The van der Waals surface area contributed by atoms with Crippen LogP contribution in [0.3, 0.4) is 0 Å². The lowest BCUT2D eigenvalue weighted by Crippen LogP contribution is -2.04. The summed E-state index contributed by atoms with van der Waals surface area (Å²) in [5.74, 6) is 0.185. The van der Waals surface area contributed by atoms with Crippen molar-refractivity contribution in [2.24, 2.45) is 0 Å². The van der Waals surface area contributed by atoms with Gasteiger partial charge in [0.05, 0.1) is 23.5 Å². The molecule has 2 nitrogen and oxygen atoms in total. The lowest BCUT2D eigenvalue weighted by molar-refractivity contribution is 0.0270. The van der Waals surface area contributed by atoms with Crippen molar-refractivity contribution in [3.63, 3.8) is 0 Å². The van der Waals surface area contributed by atoms with E-state index in [1.807, 2.05) is 0 Å². The maximum Gasteiger partial charge on any atom is 0.131 e. The SMILES string of the molecule is [SiH3]C1OCCO1. The molecule has 3 heteroatoms. The average molecular weight is 104 g/mol. The van der Waals surface area contributed by atoms with Gasteiger partial charge in [0.2, 0.25) is 0 Å². The van der Waals surface area contributed by atoms with Gasteiger partial charge < -0.3 is 9.47 Å². The highest BCUT2D eigenvalue weighted by Gasteiger charge is 2.06. The van der Waals surface area contributed by atoms with Crippen molar-refractivity contribution in [3.8, 4) is 0 Å². The zero-order valence-electron chi connectivity index (χ0n) is 3.81. The molecule has 0 atom stereocenters. The molecule has 0 aliphatic carbocycles. The van der Waals surface area contributed by atoms with E-state index in [4.69, 9.17) is 9.47 Å². The summed E-state index contributed by atoms with van der Waals surface area (Å²) in [4.78, 5) is 0. The monoisotopic (exact) mass is 104 g/mol. The van der Waals surface area contributed by atoms with Gasteiger partial charge in [-0.3, -0.25) is 0 Å². The van der Waals surface area contributed by atoms with Gasteiger partial charge in [-0.1, -0.05) is 0 Å². The molecule has 0 aromatic heterocycles. The Hall–Kier alpha value is 0.137. The maximum absolute atomic E-state index is 4.99. The second-order valence-electron chi connectivity index (χ2n) is 1.31. The minimum Gasteiger partial charge on any atom is -0.355 e. The van der Waals surface area contributed by atoms with E-state index in [-0.39, 0.29) is 5.91 Å². The van der Waals surface area contributed by atoms with Crippen molar-refractivity contribution < 1.29 is 9.47 Å². The number of rotatable bonds is 0. The van der Waals surface area contributed by atoms with Crippen LogP contribution >= 0.6 is 0 Å². The molecule has 36 valence electrons. The molecule has 1 saturated heterocycles. The van der Waals surface area contributed by atoms with E-state index in [1.165, 1.54) is 0 Å². The summed E-state index contributed by atoms with van der Waals surface area (Å²) in [6.07, 6.45) is 0. The molecular formula is C3H8O2Si. The van der Waals surface area contributed by atoms with Crippen molar-refractivity contribution in [1.82, 2.24) is 0 Å². The Kier molecular flexibility index (Phi) is 1.24. The van der Waals surface area contributed by atoms with Crippen LogP contribution in [0.5, 0.6) is 0 Å². The zero-order valence-corrected chi connectivity index (χ0v) is 5.81. The minimum absolute atomic E-state index is 0.185. The van der Waals surface area contributed by atoms with E-state index in [9.17, 15) is 0 Å². The third-order valence-electron chi connectivity index (χ3n) is 0.788. The van der Waals surface area contributed by atoms with Crippen LogP contribution in [0.25, 0.3) is 0 Å². The van der Waals surface area contributed by atoms with Crippen LogP contribution in [0, 0.1) is 0 Å². The van der Waals surface area contributed by atoms with E-state index in [1.54, 1.807) is 0 Å². The van der Waals surface area contributed by atoms with Crippen molar-refractivity contribution in [3.05, 3.63) is 0 Å². The largest absolute Gasteiger partial charge is 0.355 e. The Balaban J connectivity index is 2.18. The fourth-order valence-corrected chi connectivity index (χ4v) is 0.948. The molecule has 1 aliphatic rings. The Morgan fingerprint density at radius 1 is 1.33 bits per heavy atom. The van der Waals surface area contributed by atoms with Crippen LogP contribution in [0.15, 0.2) is 0 Å². The lowest BCUT2D eigenvalue weighted by atomic mass is 10.8. The molecule has 6 heavy (non-hydrogen) atoms. The summed E-state index contributed by atoms with van der Waals surface area (Å²) in [6.45, 7) is 1.60. The number of ether oxygens (including phenoxy) is 2. The first-order chi connectivity index (χ1) is 2.89. The fraction of sp³-hybridized carbons (Fsp3) is 1.00. The molecule has 0 bridgehead atoms. The minimum atomic E-state index is 0.185. The molecule has 0 aromatic rings. The first kappa shape index (κ1) is 4.30. The molecule has 0 aromatic carbocycles. The third kappa shape index (κ3) is 0.799. The van der Waals surface area contributed by atoms with Gasteiger partial charge in [0, 0.05) is 0 Å². The topological polar surface area (TPSA) is 18.5 Å². The molecule has 1 fully saturated rings. The molecule has 0 amide bonds. The van der Waals surface area contributed by atoms with Gasteiger partial charge in [-0.05, 0) is 0 Å². The molecule has 0 saturated carbocycles. The smallest absolute Gasteiger partial charge is 0.131 e. The van der Waals surface area contributed by atoms with E-state index in [0.717, 1.165) is 23.5 Å². The van der Waals surface area contributed by atoms with E-state index >= 15 is 0 Å². The quantitative estimate of drug-likeness (QED) is 0.355. The molecule has 1 rings (SSSR count). The summed E-state index contributed by atoms with van der Waals surface area (Å²) in [5.41, 5.74) is 0. The van der Waals surface area contributed by atoms with Gasteiger partial charge in [0.25, 0.3) is 0 Å². The first-order valence-electron chi connectivity index (χ1n) is 2.13. The summed E-state index contributed by atoms with van der Waals surface area (Å²) < 4.78 is 9.98. The van der Waals surface area contributed by atoms with E-state index in [2.05, 4.69) is 0 Å². The van der Waals surface area contributed by atoms with E-state index < -0.39 is 0 Å². The van der Waals surface area contributed by atoms with Gasteiger partial charge in [0.1, 0.15) is 5.91 Å². The van der Waals surface area contributed by atoms with Crippen molar-refractivity contribution in [2.45, 2.75) is 5.91 Å². The van der Waals surface area contributed by atoms with Crippen LogP contribution in [0.4, 0.5) is 0 Å². The van der Waals surface area contributed by atoms with Crippen LogP contribution in [-0.2, 0) is 9.47 Å². The van der Waals surface area contributed by atoms with Crippen molar-refractivity contribution in [1.29, 1.82) is 0 Å². The average Bonchev–Trinajstić information content (AvgIpc) is 1.86. The molecule has 0 radical (unpaired) electrons. The summed E-state index contributed by atoms with van der Waals surface area (Å²) in [5, 5.41) is 0. The van der Waals surface area contributed by atoms with Crippen LogP contribution in [0.2, 0.25) is 0 Å². The third-order valence-corrected chi connectivity index (χ3v) is 1.46. The zero-order chi connectivity index (χ0) is 4.41. The second kappa shape index (κ2) is 1.73. The Labute approximate surface area is 39.9 Å².